The first-order chi connectivity index (χ1) is 6.65. The second-order valence-corrected chi connectivity index (χ2v) is 4.38. The Kier molecular flexibility index (Phi) is 4.01. The van der Waals surface area contributed by atoms with Crippen LogP contribution in [-0.2, 0) is 0 Å². The van der Waals surface area contributed by atoms with Crippen molar-refractivity contribution in [2.45, 2.75) is 25.2 Å². The molecule has 0 unspecified atom stereocenters. The molecule has 0 fully saturated rings. The van der Waals surface area contributed by atoms with Gasteiger partial charge in [0.05, 0.1) is 0 Å². The molecule has 0 heterocycles. The van der Waals surface area contributed by atoms with Gasteiger partial charge in [-0.15, -0.1) is 11.8 Å². The first kappa shape index (κ1) is 11.1. The second kappa shape index (κ2) is 5.05. The standard InChI is InChI=1S/C11H16N2S/c1-3-6-14-10-5-4-9(11(12)13)7-8(10)2/h4-5,7H,3,6H2,1-2H3,(H3,12,13). The van der Waals surface area contributed by atoms with Gasteiger partial charge in [0.1, 0.15) is 5.84 Å². The van der Waals surface area contributed by atoms with Crippen LogP contribution in [0, 0.1) is 12.3 Å². The van der Waals surface area contributed by atoms with Crippen LogP contribution in [0.25, 0.3) is 0 Å². The maximum Gasteiger partial charge on any atom is 0.122 e. The normalized spacial score (nSPS) is 10.1. The van der Waals surface area contributed by atoms with Crippen LogP contribution in [-0.4, -0.2) is 11.6 Å². The van der Waals surface area contributed by atoms with Crippen LogP contribution >= 0.6 is 11.8 Å². The highest BCUT2D eigenvalue weighted by Crippen LogP contribution is 2.23. The molecule has 1 aromatic carbocycles. The highest BCUT2D eigenvalue weighted by atomic mass is 32.2. The van der Waals surface area contributed by atoms with Crippen molar-refractivity contribution in [3.63, 3.8) is 0 Å². The number of amidine groups is 1. The minimum absolute atomic E-state index is 0.139. The summed E-state index contributed by atoms with van der Waals surface area (Å²) in [5, 5.41) is 7.31. The summed E-state index contributed by atoms with van der Waals surface area (Å²) in [6, 6.07) is 5.93. The molecule has 3 heteroatoms. The van der Waals surface area contributed by atoms with Crippen molar-refractivity contribution >= 4 is 17.6 Å². The predicted octanol–water partition coefficient (Wildman–Crippen LogP) is 2.78. The Morgan fingerprint density at radius 3 is 2.71 bits per heavy atom. The summed E-state index contributed by atoms with van der Waals surface area (Å²) in [6.45, 7) is 4.23. The van der Waals surface area contributed by atoms with Gasteiger partial charge in [-0.2, -0.15) is 0 Å². The van der Waals surface area contributed by atoms with Gasteiger partial charge in [0.15, 0.2) is 0 Å². The first-order valence-electron chi connectivity index (χ1n) is 4.73. The van der Waals surface area contributed by atoms with E-state index in [1.807, 2.05) is 30.0 Å². The molecule has 0 radical (unpaired) electrons. The van der Waals surface area contributed by atoms with Crippen LogP contribution in [0.3, 0.4) is 0 Å². The smallest absolute Gasteiger partial charge is 0.122 e. The number of thioether (sulfide) groups is 1. The third-order valence-electron chi connectivity index (χ3n) is 1.95. The molecule has 76 valence electrons. The number of benzene rings is 1. The third-order valence-corrected chi connectivity index (χ3v) is 3.33. The molecule has 2 nitrogen and oxygen atoms in total. The number of nitrogens with one attached hydrogen (secondary N) is 1. The number of hydrogen-bond donors (Lipinski definition) is 2. The number of aryl methyl sites for hydroxylation is 1. The van der Waals surface area contributed by atoms with E-state index in [1.165, 1.54) is 16.9 Å². The lowest BCUT2D eigenvalue weighted by Gasteiger charge is -2.06. The van der Waals surface area contributed by atoms with E-state index in [2.05, 4.69) is 13.8 Å². The summed E-state index contributed by atoms with van der Waals surface area (Å²) in [5.41, 5.74) is 7.42. The number of rotatable bonds is 4. The fraction of sp³-hybridized carbons (Fsp3) is 0.364. The molecule has 0 aliphatic heterocycles. The van der Waals surface area contributed by atoms with Crippen LogP contribution in [0.4, 0.5) is 0 Å². The molecular weight excluding hydrogens is 192 g/mol. The molecule has 0 amide bonds. The van der Waals surface area contributed by atoms with Crippen LogP contribution in [0.5, 0.6) is 0 Å². The molecule has 0 saturated carbocycles. The molecule has 3 N–H and O–H groups in total. The molecule has 1 aromatic rings. The van der Waals surface area contributed by atoms with Crippen LogP contribution in [0.2, 0.25) is 0 Å². The van der Waals surface area contributed by atoms with Gasteiger partial charge < -0.3 is 5.73 Å². The Labute approximate surface area is 89.4 Å². The molecule has 0 aliphatic rings. The van der Waals surface area contributed by atoms with E-state index >= 15 is 0 Å². The predicted molar refractivity (Wildman–Crippen MR) is 63.2 cm³/mol. The van der Waals surface area contributed by atoms with Crippen molar-refractivity contribution in [2.24, 2.45) is 5.73 Å². The van der Waals surface area contributed by atoms with Crippen LogP contribution in [0.1, 0.15) is 24.5 Å². The molecular formula is C11H16N2S. The molecule has 1 rings (SSSR count). The zero-order chi connectivity index (χ0) is 10.6. The number of nitrogens with two attached hydrogens (primary N) is 1. The van der Waals surface area contributed by atoms with E-state index in [0.29, 0.717) is 0 Å². The number of nitrogen functional groups attached to an aromatic ring is 1. The highest BCUT2D eigenvalue weighted by molar-refractivity contribution is 7.99. The van der Waals surface area contributed by atoms with E-state index in [9.17, 15) is 0 Å². The lowest BCUT2D eigenvalue weighted by molar-refractivity contribution is 1.10. The van der Waals surface area contributed by atoms with E-state index < -0.39 is 0 Å². The van der Waals surface area contributed by atoms with Gasteiger partial charge >= 0.3 is 0 Å². The molecule has 0 atom stereocenters. The van der Waals surface area contributed by atoms with Crippen LogP contribution in [0.15, 0.2) is 23.1 Å². The second-order valence-electron chi connectivity index (χ2n) is 3.24. The van der Waals surface area contributed by atoms with Gasteiger partial charge in [0, 0.05) is 10.5 Å². The summed E-state index contributed by atoms with van der Waals surface area (Å²) in [6.07, 6.45) is 1.18. The fourth-order valence-corrected chi connectivity index (χ4v) is 2.07. The monoisotopic (exact) mass is 208 g/mol. The fourth-order valence-electron chi connectivity index (χ4n) is 1.19. The zero-order valence-electron chi connectivity index (χ0n) is 8.63. The largest absolute Gasteiger partial charge is 0.384 e. The third kappa shape index (κ3) is 2.77. The lowest BCUT2D eigenvalue weighted by atomic mass is 10.1. The van der Waals surface area contributed by atoms with Gasteiger partial charge in [-0.3, -0.25) is 5.41 Å². The Morgan fingerprint density at radius 1 is 1.50 bits per heavy atom. The van der Waals surface area contributed by atoms with Gasteiger partial charge in [0.2, 0.25) is 0 Å². The van der Waals surface area contributed by atoms with Crippen molar-refractivity contribution in [1.82, 2.24) is 0 Å². The summed E-state index contributed by atoms with van der Waals surface area (Å²) in [5.74, 6) is 1.28. The quantitative estimate of drug-likeness (QED) is 0.454. The molecule has 0 saturated heterocycles. The van der Waals surface area contributed by atoms with E-state index in [4.69, 9.17) is 11.1 Å². The SMILES string of the molecule is CCCSc1ccc(C(=N)N)cc1C. The topological polar surface area (TPSA) is 49.9 Å². The van der Waals surface area contributed by atoms with Gasteiger partial charge in [-0.1, -0.05) is 13.0 Å². The summed E-state index contributed by atoms with van der Waals surface area (Å²) >= 11 is 1.86. The zero-order valence-corrected chi connectivity index (χ0v) is 9.45. The molecule has 0 bridgehead atoms. The Morgan fingerprint density at radius 2 is 2.21 bits per heavy atom. The van der Waals surface area contributed by atoms with Crippen LogP contribution < -0.4 is 5.73 Å². The minimum Gasteiger partial charge on any atom is -0.384 e. The summed E-state index contributed by atoms with van der Waals surface area (Å²) in [4.78, 5) is 1.29. The lowest BCUT2D eigenvalue weighted by Crippen LogP contribution is -2.11. The Bertz CT molecular complexity index is 334. The maximum atomic E-state index is 7.31. The van der Waals surface area contributed by atoms with E-state index in [-0.39, 0.29) is 5.84 Å². The molecule has 0 spiro atoms. The molecule has 0 aromatic heterocycles. The van der Waals surface area contributed by atoms with Gasteiger partial charge in [-0.05, 0) is 36.8 Å². The van der Waals surface area contributed by atoms with Crippen molar-refractivity contribution in [2.75, 3.05) is 5.75 Å². The van der Waals surface area contributed by atoms with Crippen molar-refractivity contribution in [1.29, 1.82) is 5.41 Å². The van der Waals surface area contributed by atoms with Crippen molar-refractivity contribution in [3.8, 4) is 0 Å². The molecule has 0 aliphatic carbocycles. The van der Waals surface area contributed by atoms with Crippen molar-refractivity contribution in [3.05, 3.63) is 29.3 Å². The average Bonchev–Trinajstić information content (AvgIpc) is 2.15. The van der Waals surface area contributed by atoms with Gasteiger partial charge in [-0.25, -0.2) is 0 Å². The van der Waals surface area contributed by atoms with E-state index in [1.54, 1.807) is 0 Å². The van der Waals surface area contributed by atoms with Crippen molar-refractivity contribution < 1.29 is 0 Å². The highest BCUT2D eigenvalue weighted by Gasteiger charge is 2.01. The summed E-state index contributed by atoms with van der Waals surface area (Å²) in [7, 11) is 0. The average molecular weight is 208 g/mol. The minimum atomic E-state index is 0.139. The maximum absolute atomic E-state index is 7.31. The first-order valence-corrected chi connectivity index (χ1v) is 5.71. The summed E-state index contributed by atoms with van der Waals surface area (Å²) < 4.78 is 0. The van der Waals surface area contributed by atoms with E-state index in [0.717, 1.165) is 11.3 Å². The van der Waals surface area contributed by atoms with Gasteiger partial charge in [0.25, 0.3) is 0 Å². The Balaban J connectivity index is 2.84. The Hall–Kier alpha value is -0.960. The molecule has 14 heavy (non-hydrogen) atoms. The number of hydrogen-bond acceptors (Lipinski definition) is 2.